The van der Waals surface area contributed by atoms with Gasteiger partial charge in [0.15, 0.2) is 0 Å². The van der Waals surface area contributed by atoms with Gasteiger partial charge in [0.05, 0.1) is 6.54 Å². The molecule has 102 valence electrons. The molecule has 1 fully saturated rings. The normalized spacial score (nSPS) is 16.1. The molecule has 0 spiro atoms. The number of cyclic esters (lactones) is 1. The maximum absolute atomic E-state index is 11.9. The van der Waals surface area contributed by atoms with E-state index >= 15 is 0 Å². The molecule has 1 heterocycles. The van der Waals surface area contributed by atoms with E-state index in [2.05, 4.69) is 5.32 Å². The van der Waals surface area contributed by atoms with Gasteiger partial charge in [-0.1, -0.05) is 17.7 Å². The third-order valence-corrected chi connectivity index (χ3v) is 3.01. The fourth-order valence-corrected chi connectivity index (χ4v) is 1.98. The quantitative estimate of drug-likeness (QED) is 0.903. The highest BCUT2D eigenvalue weighted by molar-refractivity contribution is 5.93. The summed E-state index contributed by atoms with van der Waals surface area (Å²) < 4.78 is 4.75. The summed E-state index contributed by atoms with van der Waals surface area (Å²) in [6, 6.07) is 7.92. The first-order valence-corrected chi connectivity index (χ1v) is 6.36. The van der Waals surface area contributed by atoms with Crippen molar-refractivity contribution in [3.8, 4) is 0 Å². The van der Waals surface area contributed by atoms with Crippen LogP contribution in [0.2, 0.25) is 0 Å². The number of carbonyl (C=O) groups excluding carboxylic acids is 2. The minimum Gasteiger partial charge on any atom is -0.447 e. The fraction of sp³-hybridized carbons (Fsp3) is 0.429. The van der Waals surface area contributed by atoms with Gasteiger partial charge in [-0.2, -0.15) is 0 Å². The second-order valence-electron chi connectivity index (χ2n) is 4.78. The number of anilines is 1. The predicted octanol–water partition coefficient (Wildman–Crippen LogP) is 2.16. The highest BCUT2D eigenvalue weighted by Gasteiger charge is 2.28. The largest absolute Gasteiger partial charge is 0.447 e. The Labute approximate surface area is 112 Å². The summed E-state index contributed by atoms with van der Waals surface area (Å²) in [5, 5.41) is 3.24. The second-order valence-corrected chi connectivity index (χ2v) is 4.78. The van der Waals surface area contributed by atoms with Crippen LogP contribution in [0.3, 0.4) is 0 Å². The molecule has 5 nitrogen and oxygen atoms in total. The van der Waals surface area contributed by atoms with Gasteiger partial charge in [-0.15, -0.1) is 0 Å². The van der Waals surface area contributed by atoms with Crippen LogP contribution < -0.4 is 5.32 Å². The summed E-state index contributed by atoms with van der Waals surface area (Å²) >= 11 is 0. The van der Waals surface area contributed by atoms with Gasteiger partial charge in [0.25, 0.3) is 0 Å². The summed E-state index contributed by atoms with van der Waals surface area (Å²) in [6.45, 7) is 4.59. The van der Waals surface area contributed by atoms with E-state index in [1.807, 2.05) is 38.1 Å². The summed E-state index contributed by atoms with van der Waals surface area (Å²) in [5.74, 6) is -0.199. The van der Waals surface area contributed by atoms with Crippen LogP contribution in [0.1, 0.15) is 18.9 Å². The van der Waals surface area contributed by atoms with E-state index in [9.17, 15) is 9.59 Å². The van der Waals surface area contributed by atoms with Crippen LogP contribution in [0.5, 0.6) is 0 Å². The van der Waals surface area contributed by atoms with Crippen LogP contribution in [0.25, 0.3) is 0 Å². The second kappa shape index (κ2) is 5.73. The summed E-state index contributed by atoms with van der Waals surface area (Å²) in [6.07, 6.45) is -0.268. The molecule has 5 heteroatoms. The molecule has 1 unspecified atom stereocenters. The van der Waals surface area contributed by atoms with Crippen molar-refractivity contribution >= 4 is 17.7 Å². The molecule has 19 heavy (non-hydrogen) atoms. The number of aryl methyl sites for hydroxylation is 1. The van der Waals surface area contributed by atoms with Gasteiger partial charge in [-0.05, 0) is 26.0 Å². The number of benzene rings is 1. The molecule has 1 aromatic rings. The first-order chi connectivity index (χ1) is 9.06. The van der Waals surface area contributed by atoms with Crippen molar-refractivity contribution < 1.29 is 14.3 Å². The lowest BCUT2D eigenvalue weighted by Gasteiger charge is -2.17. The number of imide groups is 1. The average Bonchev–Trinajstić information content (AvgIpc) is 2.78. The van der Waals surface area contributed by atoms with Gasteiger partial charge in [0.2, 0.25) is 5.91 Å². The molecule has 1 N–H and O–H groups in total. The Morgan fingerprint density at radius 3 is 2.68 bits per heavy atom. The minimum absolute atomic E-state index is 0.0383. The van der Waals surface area contributed by atoms with Gasteiger partial charge in [0, 0.05) is 18.2 Å². The van der Waals surface area contributed by atoms with E-state index in [0.717, 1.165) is 10.6 Å². The molecule has 1 aliphatic heterocycles. The molecule has 1 aliphatic rings. The number of nitrogens with zero attached hydrogens (tertiary/aromatic N) is 1. The monoisotopic (exact) mass is 262 g/mol. The first-order valence-electron chi connectivity index (χ1n) is 6.36. The number of ether oxygens (including phenoxy) is 1. The van der Waals surface area contributed by atoms with Gasteiger partial charge >= 0.3 is 6.09 Å². The van der Waals surface area contributed by atoms with Crippen LogP contribution in [0, 0.1) is 6.92 Å². The molecule has 1 saturated heterocycles. The van der Waals surface area contributed by atoms with Crippen molar-refractivity contribution in [1.82, 2.24) is 4.90 Å². The maximum Gasteiger partial charge on any atom is 0.416 e. The van der Waals surface area contributed by atoms with Crippen LogP contribution in [0.15, 0.2) is 24.3 Å². The Balaban J connectivity index is 1.87. The number of rotatable bonds is 4. The van der Waals surface area contributed by atoms with Crippen molar-refractivity contribution in [3.05, 3.63) is 29.8 Å². The standard InChI is InChI=1S/C14H18N2O3/c1-10-3-5-12(6-4-10)15-11(2)9-13(17)16-7-8-19-14(16)18/h3-6,11,15H,7-9H2,1-2H3. The lowest BCUT2D eigenvalue weighted by molar-refractivity contribution is -0.127. The van der Waals surface area contributed by atoms with Gasteiger partial charge in [0.1, 0.15) is 6.61 Å². The summed E-state index contributed by atoms with van der Waals surface area (Å²) in [4.78, 5) is 24.3. The van der Waals surface area contributed by atoms with E-state index in [1.165, 1.54) is 5.56 Å². The summed E-state index contributed by atoms with van der Waals surface area (Å²) in [5.41, 5.74) is 2.16. The predicted molar refractivity (Wildman–Crippen MR) is 71.9 cm³/mol. The SMILES string of the molecule is Cc1ccc(NC(C)CC(=O)N2CCOC2=O)cc1. The van der Waals surface area contributed by atoms with Crippen LogP contribution in [-0.4, -0.2) is 36.1 Å². The fourth-order valence-electron chi connectivity index (χ4n) is 1.98. The Bertz CT molecular complexity index is 470. The van der Waals surface area contributed by atoms with Crippen molar-refractivity contribution in [2.24, 2.45) is 0 Å². The third kappa shape index (κ3) is 3.47. The number of hydrogen-bond donors (Lipinski definition) is 1. The Hall–Kier alpha value is -2.04. The molecule has 2 amide bonds. The maximum atomic E-state index is 11.9. The van der Waals surface area contributed by atoms with Gasteiger partial charge in [-0.25, -0.2) is 9.69 Å². The number of nitrogens with one attached hydrogen (secondary N) is 1. The molecule has 1 aromatic carbocycles. The zero-order valence-electron chi connectivity index (χ0n) is 11.2. The third-order valence-electron chi connectivity index (χ3n) is 3.01. The van der Waals surface area contributed by atoms with E-state index in [4.69, 9.17) is 4.74 Å². The highest BCUT2D eigenvalue weighted by Crippen LogP contribution is 2.13. The molecule has 0 aromatic heterocycles. The zero-order valence-corrected chi connectivity index (χ0v) is 11.2. The molecule has 2 rings (SSSR count). The number of carbonyl (C=O) groups is 2. The van der Waals surface area contributed by atoms with Gasteiger partial charge < -0.3 is 10.1 Å². The molecule has 1 atom stereocenters. The van der Waals surface area contributed by atoms with Crippen LogP contribution in [0.4, 0.5) is 10.5 Å². The Morgan fingerprint density at radius 2 is 2.11 bits per heavy atom. The van der Waals surface area contributed by atoms with Crippen molar-refractivity contribution in [3.63, 3.8) is 0 Å². The van der Waals surface area contributed by atoms with Crippen molar-refractivity contribution in [2.75, 3.05) is 18.5 Å². The van der Waals surface area contributed by atoms with Crippen molar-refractivity contribution in [2.45, 2.75) is 26.3 Å². The first kappa shape index (κ1) is 13.4. The number of hydrogen-bond acceptors (Lipinski definition) is 4. The lowest BCUT2D eigenvalue weighted by atomic mass is 10.2. The van der Waals surface area contributed by atoms with E-state index in [1.54, 1.807) is 0 Å². The Morgan fingerprint density at radius 1 is 1.42 bits per heavy atom. The highest BCUT2D eigenvalue weighted by atomic mass is 16.6. The minimum atomic E-state index is -0.535. The topological polar surface area (TPSA) is 58.6 Å². The summed E-state index contributed by atoms with van der Waals surface area (Å²) in [7, 11) is 0. The van der Waals surface area contributed by atoms with Gasteiger partial charge in [-0.3, -0.25) is 4.79 Å². The van der Waals surface area contributed by atoms with Crippen LogP contribution >= 0.6 is 0 Å². The molecule has 0 radical (unpaired) electrons. The molecule has 0 bridgehead atoms. The molecular formula is C14H18N2O3. The van der Waals surface area contributed by atoms with E-state index < -0.39 is 6.09 Å². The van der Waals surface area contributed by atoms with Crippen molar-refractivity contribution in [1.29, 1.82) is 0 Å². The lowest BCUT2D eigenvalue weighted by Crippen LogP contribution is -2.35. The van der Waals surface area contributed by atoms with E-state index in [0.29, 0.717) is 13.2 Å². The zero-order chi connectivity index (χ0) is 13.8. The molecule has 0 saturated carbocycles. The van der Waals surface area contributed by atoms with Crippen LogP contribution in [-0.2, 0) is 9.53 Å². The smallest absolute Gasteiger partial charge is 0.416 e. The van der Waals surface area contributed by atoms with E-state index in [-0.39, 0.29) is 18.4 Å². The number of amides is 2. The molecular weight excluding hydrogens is 244 g/mol. The molecule has 0 aliphatic carbocycles. The Kier molecular flexibility index (Phi) is 4.04. The average molecular weight is 262 g/mol.